The number of hydrogen-bond acceptors (Lipinski definition) is 0. The van der Waals surface area contributed by atoms with E-state index in [1.165, 1.54) is 12.8 Å². The molecular weight excluding hydrogens is 172 g/mol. The van der Waals surface area contributed by atoms with Crippen molar-refractivity contribution in [3.05, 3.63) is 0 Å². The molecule has 13 heavy (non-hydrogen) atoms. The van der Waals surface area contributed by atoms with Crippen LogP contribution in [0.4, 0.5) is 0 Å². The molecule has 0 saturated heterocycles. The van der Waals surface area contributed by atoms with Gasteiger partial charge in [-0.15, -0.1) is 0 Å². The number of rotatable bonds is 5. The highest BCUT2D eigenvalue weighted by atomic mass is 28.2. The second kappa shape index (κ2) is 5.84. The zero-order valence-electron chi connectivity index (χ0n) is 9.68. The Bertz CT molecular complexity index is 133. The maximum absolute atomic E-state index is 2.45. The fourth-order valence-corrected chi connectivity index (χ4v) is 3.92. The minimum Gasteiger partial charge on any atom is -0.0748 e. The van der Waals surface area contributed by atoms with E-state index in [4.69, 9.17) is 0 Å². The molecule has 3 unspecified atom stereocenters. The van der Waals surface area contributed by atoms with Crippen molar-refractivity contribution in [3.8, 4) is 0 Å². The molecule has 0 aromatic heterocycles. The van der Waals surface area contributed by atoms with Gasteiger partial charge >= 0.3 is 0 Å². The van der Waals surface area contributed by atoms with Gasteiger partial charge in [0, 0.05) is 9.52 Å². The van der Waals surface area contributed by atoms with Gasteiger partial charge in [-0.1, -0.05) is 45.7 Å². The average Bonchev–Trinajstić information content (AvgIpc) is 2.57. The smallest absolute Gasteiger partial charge is 0.0166 e. The lowest BCUT2D eigenvalue weighted by atomic mass is 9.92. The van der Waals surface area contributed by atoms with Crippen molar-refractivity contribution < 1.29 is 0 Å². The second-order valence-corrected chi connectivity index (χ2v) is 6.52. The van der Waals surface area contributed by atoms with Crippen molar-refractivity contribution in [2.24, 2.45) is 17.8 Å². The van der Waals surface area contributed by atoms with Crippen LogP contribution in [0.25, 0.3) is 0 Å². The maximum atomic E-state index is 2.45. The summed E-state index contributed by atoms with van der Waals surface area (Å²) < 4.78 is 0. The van der Waals surface area contributed by atoms with Gasteiger partial charge in [-0.25, -0.2) is 0 Å². The van der Waals surface area contributed by atoms with Gasteiger partial charge in [0.25, 0.3) is 0 Å². The summed E-state index contributed by atoms with van der Waals surface area (Å²) in [6.45, 7) is 7.21. The highest BCUT2D eigenvalue weighted by Gasteiger charge is 2.31. The highest BCUT2D eigenvalue weighted by Crippen LogP contribution is 2.42. The Labute approximate surface area is 86.3 Å². The first-order valence-corrected chi connectivity index (χ1v) is 8.73. The van der Waals surface area contributed by atoms with E-state index in [1.54, 1.807) is 25.3 Å². The monoisotopic (exact) mass is 198 g/mol. The molecule has 0 bridgehead atoms. The average molecular weight is 198 g/mol. The molecule has 1 heteroatoms. The molecule has 0 aromatic rings. The summed E-state index contributed by atoms with van der Waals surface area (Å²) in [5.74, 6) is 3.28. The van der Waals surface area contributed by atoms with E-state index in [1.807, 2.05) is 0 Å². The SMILES string of the molecule is CCC1CC(CC)C(CC[SiH2]C)C1. The molecule has 0 heterocycles. The molecule has 0 aromatic carbocycles. The molecule has 0 spiro atoms. The molecule has 0 radical (unpaired) electrons. The van der Waals surface area contributed by atoms with Crippen LogP contribution in [-0.4, -0.2) is 9.52 Å². The van der Waals surface area contributed by atoms with Gasteiger partial charge in [-0.3, -0.25) is 0 Å². The zero-order valence-corrected chi connectivity index (χ0v) is 11.1. The topological polar surface area (TPSA) is 0 Å². The van der Waals surface area contributed by atoms with Gasteiger partial charge < -0.3 is 0 Å². The zero-order chi connectivity index (χ0) is 9.68. The Morgan fingerprint density at radius 3 is 2.31 bits per heavy atom. The summed E-state index contributed by atoms with van der Waals surface area (Å²) in [5, 5.41) is 0. The van der Waals surface area contributed by atoms with Crippen LogP contribution in [0, 0.1) is 17.8 Å². The Kier molecular flexibility index (Phi) is 5.08. The molecule has 0 nitrogen and oxygen atoms in total. The van der Waals surface area contributed by atoms with E-state index >= 15 is 0 Å². The summed E-state index contributed by atoms with van der Waals surface area (Å²) in [5.41, 5.74) is 0. The van der Waals surface area contributed by atoms with Gasteiger partial charge in [0.2, 0.25) is 0 Å². The van der Waals surface area contributed by atoms with Crippen molar-refractivity contribution in [2.75, 3.05) is 0 Å². The predicted molar refractivity (Wildman–Crippen MR) is 64.1 cm³/mol. The van der Waals surface area contributed by atoms with Gasteiger partial charge in [0.05, 0.1) is 0 Å². The van der Waals surface area contributed by atoms with E-state index in [-0.39, 0.29) is 0 Å². The summed E-state index contributed by atoms with van der Waals surface area (Å²) in [6.07, 6.45) is 7.53. The van der Waals surface area contributed by atoms with E-state index in [9.17, 15) is 0 Å². The molecular formula is C12H26Si. The first-order valence-electron chi connectivity index (χ1n) is 6.31. The third kappa shape index (κ3) is 3.12. The molecule has 1 rings (SSSR count). The Morgan fingerprint density at radius 1 is 1.08 bits per heavy atom. The van der Waals surface area contributed by atoms with Crippen molar-refractivity contribution in [2.45, 2.75) is 58.5 Å². The third-order valence-corrected chi connectivity index (χ3v) is 5.08. The second-order valence-electron chi connectivity index (χ2n) is 4.82. The molecule has 3 atom stereocenters. The Balaban J connectivity index is 2.33. The lowest BCUT2D eigenvalue weighted by molar-refractivity contribution is 0.367. The van der Waals surface area contributed by atoms with E-state index < -0.39 is 0 Å². The summed E-state index contributed by atoms with van der Waals surface area (Å²) >= 11 is 0. The first-order chi connectivity index (χ1) is 6.31. The van der Waals surface area contributed by atoms with Crippen molar-refractivity contribution >= 4 is 9.52 Å². The van der Waals surface area contributed by atoms with Crippen molar-refractivity contribution in [3.63, 3.8) is 0 Å². The van der Waals surface area contributed by atoms with Crippen molar-refractivity contribution in [1.82, 2.24) is 0 Å². The first kappa shape index (κ1) is 11.3. The van der Waals surface area contributed by atoms with Crippen LogP contribution in [0.15, 0.2) is 0 Å². The summed E-state index contributed by atoms with van der Waals surface area (Å²) in [6, 6.07) is 1.59. The molecule has 1 aliphatic carbocycles. The highest BCUT2D eigenvalue weighted by molar-refractivity contribution is 6.33. The van der Waals surface area contributed by atoms with Crippen LogP contribution >= 0.6 is 0 Å². The minimum atomic E-state index is 0.327. The fourth-order valence-electron chi connectivity index (χ4n) is 2.99. The standard InChI is InChI=1S/C12H26Si/c1-4-10-8-11(5-2)12(9-10)6-7-13-3/h10-12H,4-9,13H2,1-3H3. The Hall–Kier alpha value is 0.217. The lowest BCUT2D eigenvalue weighted by Gasteiger charge is -2.16. The van der Waals surface area contributed by atoms with Gasteiger partial charge in [0.1, 0.15) is 0 Å². The minimum absolute atomic E-state index is 0.327. The van der Waals surface area contributed by atoms with Crippen LogP contribution in [0.2, 0.25) is 12.6 Å². The molecule has 0 aliphatic heterocycles. The lowest BCUT2D eigenvalue weighted by Crippen LogP contribution is -2.06. The normalized spacial score (nSPS) is 34.8. The molecule has 0 N–H and O–H groups in total. The number of hydrogen-bond donors (Lipinski definition) is 0. The summed E-state index contributed by atoms with van der Waals surface area (Å²) in [4.78, 5) is 0. The van der Waals surface area contributed by atoms with E-state index in [0.717, 1.165) is 17.8 Å². The fraction of sp³-hybridized carbons (Fsp3) is 1.00. The predicted octanol–water partition coefficient (Wildman–Crippen LogP) is 3.47. The van der Waals surface area contributed by atoms with Crippen LogP contribution in [0.1, 0.15) is 46.0 Å². The van der Waals surface area contributed by atoms with Crippen LogP contribution in [0.3, 0.4) is 0 Å². The molecule has 1 saturated carbocycles. The molecule has 1 aliphatic rings. The molecule has 0 amide bonds. The van der Waals surface area contributed by atoms with E-state index in [2.05, 4.69) is 20.4 Å². The van der Waals surface area contributed by atoms with Gasteiger partial charge in [-0.2, -0.15) is 0 Å². The van der Waals surface area contributed by atoms with Gasteiger partial charge in [0.15, 0.2) is 0 Å². The largest absolute Gasteiger partial charge is 0.0748 e. The van der Waals surface area contributed by atoms with Crippen molar-refractivity contribution in [1.29, 1.82) is 0 Å². The van der Waals surface area contributed by atoms with E-state index in [0.29, 0.717) is 9.52 Å². The maximum Gasteiger partial charge on any atom is 0.0166 e. The summed E-state index contributed by atoms with van der Waals surface area (Å²) in [7, 11) is 0.327. The van der Waals surface area contributed by atoms with Crippen LogP contribution in [-0.2, 0) is 0 Å². The quantitative estimate of drug-likeness (QED) is 0.593. The third-order valence-electron chi connectivity index (χ3n) is 3.97. The van der Waals surface area contributed by atoms with Crippen LogP contribution in [0.5, 0.6) is 0 Å². The van der Waals surface area contributed by atoms with Gasteiger partial charge in [-0.05, 0) is 30.6 Å². The molecule has 1 fully saturated rings. The van der Waals surface area contributed by atoms with Crippen LogP contribution < -0.4 is 0 Å². The Morgan fingerprint density at radius 2 is 1.77 bits per heavy atom. The molecule has 78 valence electrons.